The highest BCUT2D eigenvalue weighted by Gasteiger charge is 2.19. The van der Waals surface area contributed by atoms with Crippen molar-refractivity contribution in [2.24, 2.45) is 5.73 Å². The summed E-state index contributed by atoms with van der Waals surface area (Å²) < 4.78 is 14.9. The van der Waals surface area contributed by atoms with Crippen molar-refractivity contribution in [1.29, 1.82) is 0 Å². The number of carbonyl (C=O) groups is 1. The molecule has 0 aliphatic carbocycles. The quantitative estimate of drug-likeness (QED) is 0.466. The normalized spacial score (nSPS) is 11.6. The molecule has 0 aliphatic rings. The third-order valence-corrected chi connectivity index (χ3v) is 2.57. The van der Waals surface area contributed by atoms with Crippen LogP contribution in [0.3, 0.4) is 0 Å². The summed E-state index contributed by atoms with van der Waals surface area (Å²) in [5.74, 6) is -0.102. The molecule has 1 unspecified atom stereocenters. The van der Waals surface area contributed by atoms with E-state index in [1.807, 2.05) is 0 Å². The van der Waals surface area contributed by atoms with E-state index in [0.29, 0.717) is 11.3 Å². The number of nitro benzene ring substituents is 1. The van der Waals surface area contributed by atoms with Crippen molar-refractivity contribution in [3.8, 4) is 11.5 Å². The smallest absolute Gasteiger partial charge is 0.326 e. The van der Waals surface area contributed by atoms with Gasteiger partial charge in [-0.25, -0.2) is 0 Å². The fourth-order valence-electron chi connectivity index (χ4n) is 1.56. The topological polar surface area (TPSA) is 114 Å². The molecule has 0 fully saturated rings. The van der Waals surface area contributed by atoms with Gasteiger partial charge in [0.15, 0.2) is 11.5 Å². The summed E-state index contributed by atoms with van der Waals surface area (Å²) in [5.41, 5.74) is 5.95. The highest BCUT2D eigenvalue weighted by molar-refractivity contribution is 5.75. The van der Waals surface area contributed by atoms with E-state index in [-0.39, 0.29) is 18.0 Å². The Hall–Kier alpha value is -2.35. The standard InChI is InChI=1S/C12H16N2O6/c1-7-4-8(14(16)17)5-10(18-2)11(7)20-6-9(13)12(15)19-3/h4-5,9H,6,13H2,1-3H3. The lowest BCUT2D eigenvalue weighted by molar-refractivity contribution is -0.385. The molecule has 1 aromatic rings. The Balaban J connectivity index is 2.95. The molecule has 0 heterocycles. The Morgan fingerprint density at radius 2 is 2.10 bits per heavy atom. The molecule has 0 saturated heterocycles. The van der Waals surface area contributed by atoms with Crippen LogP contribution in [0, 0.1) is 17.0 Å². The van der Waals surface area contributed by atoms with Gasteiger partial charge >= 0.3 is 5.97 Å². The van der Waals surface area contributed by atoms with Gasteiger partial charge in [0.2, 0.25) is 0 Å². The van der Waals surface area contributed by atoms with Crippen LogP contribution in [-0.4, -0.2) is 37.8 Å². The van der Waals surface area contributed by atoms with Crippen LogP contribution < -0.4 is 15.2 Å². The fourth-order valence-corrected chi connectivity index (χ4v) is 1.56. The zero-order valence-electron chi connectivity index (χ0n) is 11.4. The van der Waals surface area contributed by atoms with E-state index in [1.165, 1.54) is 26.4 Å². The number of carbonyl (C=O) groups excluding carboxylic acids is 1. The van der Waals surface area contributed by atoms with Crippen LogP contribution in [-0.2, 0) is 9.53 Å². The molecule has 110 valence electrons. The maximum Gasteiger partial charge on any atom is 0.326 e. The van der Waals surface area contributed by atoms with Gasteiger partial charge in [-0.15, -0.1) is 0 Å². The number of nitro groups is 1. The number of methoxy groups -OCH3 is 2. The first kappa shape index (κ1) is 15.7. The van der Waals surface area contributed by atoms with Crippen molar-refractivity contribution >= 4 is 11.7 Å². The molecule has 0 bridgehead atoms. The molecule has 8 nitrogen and oxygen atoms in total. The third kappa shape index (κ3) is 3.58. The highest BCUT2D eigenvalue weighted by Crippen LogP contribution is 2.35. The summed E-state index contributed by atoms with van der Waals surface area (Å²) in [6, 6.07) is 1.65. The fraction of sp³-hybridized carbons (Fsp3) is 0.417. The maximum absolute atomic E-state index is 11.2. The van der Waals surface area contributed by atoms with Gasteiger partial charge in [-0.2, -0.15) is 0 Å². The van der Waals surface area contributed by atoms with Crippen LogP contribution in [0.2, 0.25) is 0 Å². The molecule has 2 N–H and O–H groups in total. The molecule has 1 atom stereocenters. The Morgan fingerprint density at radius 3 is 2.60 bits per heavy atom. The van der Waals surface area contributed by atoms with Crippen LogP contribution in [0.4, 0.5) is 5.69 Å². The number of benzene rings is 1. The number of nitrogens with two attached hydrogens (primary N) is 1. The molecular formula is C12H16N2O6. The summed E-state index contributed by atoms with van der Waals surface area (Å²) in [4.78, 5) is 21.4. The van der Waals surface area contributed by atoms with Crippen molar-refractivity contribution in [2.75, 3.05) is 20.8 Å². The molecule has 0 radical (unpaired) electrons. The molecular weight excluding hydrogens is 268 g/mol. The molecule has 0 aromatic heterocycles. The van der Waals surface area contributed by atoms with E-state index < -0.39 is 16.9 Å². The Morgan fingerprint density at radius 1 is 1.45 bits per heavy atom. The van der Waals surface area contributed by atoms with Gasteiger partial charge in [0.05, 0.1) is 25.2 Å². The molecule has 0 amide bonds. The minimum Gasteiger partial charge on any atom is -0.493 e. The molecule has 20 heavy (non-hydrogen) atoms. The predicted octanol–water partition coefficient (Wildman–Crippen LogP) is 0.791. The van der Waals surface area contributed by atoms with Crippen molar-refractivity contribution in [1.82, 2.24) is 0 Å². The van der Waals surface area contributed by atoms with Crippen LogP contribution in [0.1, 0.15) is 5.56 Å². The Kier molecular flexibility index (Phi) is 5.27. The van der Waals surface area contributed by atoms with Gasteiger partial charge in [0, 0.05) is 11.6 Å². The lowest BCUT2D eigenvalue weighted by Crippen LogP contribution is -2.37. The molecule has 0 saturated carbocycles. The first-order valence-corrected chi connectivity index (χ1v) is 5.70. The third-order valence-electron chi connectivity index (χ3n) is 2.57. The van der Waals surface area contributed by atoms with E-state index in [9.17, 15) is 14.9 Å². The number of hydrogen-bond acceptors (Lipinski definition) is 7. The summed E-state index contributed by atoms with van der Waals surface area (Å²) >= 11 is 0. The van der Waals surface area contributed by atoms with Crippen molar-refractivity contribution < 1.29 is 23.9 Å². The van der Waals surface area contributed by atoms with Gasteiger partial charge in [-0.05, 0) is 6.92 Å². The second-order valence-corrected chi connectivity index (χ2v) is 3.99. The lowest BCUT2D eigenvalue weighted by atomic mass is 10.2. The summed E-state index contributed by atoms with van der Waals surface area (Å²) in [6.45, 7) is 1.51. The molecule has 1 rings (SSSR count). The molecule has 1 aromatic carbocycles. The van der Waals surface area contributed by atoms with Crippen LogP contribution in [0.25, 0.3) is 0 Å². The number of rotatable bonds is 6. The Bertz CT molecular complexity index is 517. The SMILES string of the molecule is COC(=O)C(N)COc1c(C)cc([N+](=O)[O-])cc1OC. The zero-order valence-corrected chi connectivity index (χ0v) is 11.4. The minimum absolute atomic E-state index is 0.107. The Labute approximate surface area is 115 Å². The number of aryl methyl sites for hydroxylation is 1. The lowest BCUT2D eigenvalue weighted by Gasteiger charge is -2.15. The number of non-ortho nitro benzene ring substituents is 1. The second kappa shape index (κ2) is 6.71. The summed E-state index contributed by atoms with van der Waals surface area (Å²) in [5, 5.41) is 10.8. The summed E-state index contributed by atoms with van der Waals surface area (Å²) in [6.07, 6.45) is 0. The predicted molar refractivity (Wildman–Crippen MR) is 69.9 cm³/mol. The largest absolute Gasteiger partial charge is 0.493 e. The number of ether oxygens (including phenoxy) is 3. The first-order chi connectivity index (χ1) is 9.40. The monoisotopic (exact) mass is 284 g/mol. The summed E-state index contributed by atoms with van der Waals surface area (Å²) in [7, 11) is 2.59. The van der Waals surface area contributed by atoms with Crippen LogP contribution >= 0.6 is 0 Å². The maximum atomic E-state index is 11.2. The average Bonchev–Trinajstić information content (AvgIpc) is 2.43. The second-order valence-electron chi connectivity index (χ2n) is 3.99. The van der Waals surface area contributed by atoms with E-state index in [4.69, 9.17) is 15.2 Å². The molecule has 0 aliphatic heterocycles. The average molecular weight is 284 g/mol. The molecule has 0 spiro atoms. The molecule has 8 heteroatoms. The van der Waals surface area contributed by atoms with Gasteiger partial charge in [0.1, 0.15) is 12.6 Å². The van der Waals surface area contributed by atoms with Crippen molar-refractivity contribution in [3.05, 3.63) is 27.8 Å². The van der Waals surface area contributed by atoms with E-state index in [1.54, 1.807) is 6.92 Å². The first-order valence-electron chi connectivity index (χ1n) is 5.70. The number of esters is 1. The van der Waals surface area contributed by atoms with Crippen LogP contribution in [0.15, 0.2) is 12.1 Å². The van der Waals surface area contributed by atoms with E-state index in [2.05, 4.69) is 4.74 Å². The van der Waals surface area contributed by atoms with Crippen molar-refractivity contribution in [3.63, 3.8) is 0 Å². The van der Waals surface area contributed by atoms with Gasteiger partial charge in [0.25, 0.3) is 5.69 Å². The zero-order chi connectivity index (χ0) is 15.3. The minimum atomic E-state index is -0.945. The van der Waals surface area contributed by atoms with E-state index >= 15 is 0 Å². The van der Waals surface area contributed by atoms with Crippen LogP contribution in [0.5, 0.6) is 11.5 Å². The number of hydrogen-bond donors (Lipinski definition) is 1. The van der Waals surface area contributed by atoms with E-state index in [0.717, 1.165) is 0 Å². The highest BCUT2D eigenvalue weighted by atomic mass is 16.6. The number of nitrogens with zero attached hydrogens (tertiary/aromatic N) is 1. The van der Waals surface area contributed by atoms with Gasteiger partial charge in [-0.1, -0.05) is 0 Å². The van der Waals surface area contributed by atoms with Gasteiger partial charge in [-0.3, -0.25) is 14.9 Å². The van der Waals surface area contributed by atoms with Gasteiger partial charge < -0.3 is 19.9 Å². The van der Waals surface area contributed by atoms with Crippen molar-refractivity contribution in [2.45, 2.75) is 13.0 Å².